The summed E-state index contributed by atoms with van der Waals surface area (Å²) >= 11 is 12.3. The lowest BCUT2D eigenvalue weighted by Crippen LogP contribution is -2.38. The number of anilines is 3. The molecule has 2 N–H and O–H groups in total. The van der Waals surface area contributed by atoms with Gasteiger partial charge in [-0.1, -0.05) is 40.9 Å². The van der Waals surface area contributed by atoms with E-state index in [2.05, 4.69) is 10.0 Å². The van der Waals surface area contributed by atoms with Crippen molar-refractivity contribution in [2.45, 2.75) is 16.7 Å². The molecule has 14 heteroatoms. The van der Waals surface area contributed by atoms with E-state index in [1.54, 1.807) is 24.3 Å². The molecule has 0 aromatic heterocycles. The van der Waals surface area contributed by atoms with Crippen LogP contribution in [0.25, 0.3) is 0 Å². The predicted molar refractivity (Wildman–Crippen MR) is 168 cm³/mol. The molecule has 1 amide bonds. The van der Waals surface area contributed by atoms with Gasteiger partial charge < -0.3 is 14.8 Å². The molecular weight excluding hydrogens is 637 g/mol. The third kappa shape index (κ3) is 7.71. The van der Waals surface area contributed by atoms with Gasteiger partial charge in [-0.3, -0.25) is 13.8 Å². The van der Waals surface area contributed by atoms with Crippen molar-refractivity contribution in [3.63, 3.8) is 0 Å². The summed E-state index contributed by atoms with van der Waals surface area (Å²) in [7, 11) is -5.39. The smallest absolute Gasteiger partial charge is 0.264 e. The highest BCUT2D eigenvalue weighted by Crippen LogP contribution is 2.32. The summed E-state index contributed by atoms with van der Waals surface area (Å²) in [5, 5.41) is 2.97. The Kier molecular flexibility index (Phi) is 9.75. The van der Waals surface area contributed by atoms with Gasteiger partial charge in [0.15, 0.2) is 0 Å². The molecule has 4 rings (SSSR count). The predicted octanol–water partition coefficient (Wildman–Crippen LogP) is 5.95. The fourth-order valence-electron chi connectivity index (χ4n) is 3.98. The van der Waals surface area contributed by atoms with Gasteiger partial charge in [0.05, 0.1) is 35.4 Å². The van der Waals surface area contributed by atoms with Gasteiger partial charge in [-0.15, -0.1) is 0 Å². The number of benzene rings is 4. The Morgan fingerprint density at radius 3 is 1.98 bits per heavy atom. The number of nitrogens with zero attached hydrogens (tertiary/aromatic N) is 1. The molecule has 0 atom stereocenters. The van der Waals surface area contributed by atoms with Crippen LogP contribution in [0, 0.1) is 6.92 Å². The molecule has 0 aliphatic heterocycles. The molecule has 0 aliphatic rings. The summed E-state index contributed by atoms with van der Waals surface area (Å²) in [6.45, 7) is 1.20. The SMILES string of the molecule is COc1ccc(OC)c(NS(=O)(=O)c2ccc(NC(=O)CN(c3cc(Cl)cc(Cl)c3)S(=O)(=O)c3ccc(C)cc3)cc2)c1. The van der Waals surface area contributed by atoms with Crippen molar-refractivity contribution in [2.75, 3.05) is 35.1 Å². The molecule has 10 nitrogen and oxygen atoms in total. The number of aryl methyl sites for hydroxylation is 1. The minimum Gasteiger partial charge on any atom is -0.497 e. The molecule has 0 unspecified atom stereocenters. The van der Waals surface area contributed by atoms with Crippen molar-refractivity contribution in [1.82, 2.24) is 0 Å². The summed E-state index contributed by atoms with van der Waals surface area (Å²) < 4.78 is 67.1. The number of hydrogen-bond donors (Lipinski definition) is 2. The van der Waals surface area contributed by atoms with E-state index < -0.39 is 32.5 Å². The normalized spacial score (nSPS) is 11.5. The lowest BCUT2D eigenvalue weighted by atomic mass is 10.2. The number of hydrogen-bond acceptors (Lipinski definition) is 7. The molecule has 0 radical (unpaired) electrons. The second kappa shape index (κ2) is 13.1. The van der Waals surface area contributed by atoms with Gasteiger partial charge in [-0.05, 0) is 73.7 Å². The Balaban J connectivity index is 1.56. The number of ether oxygens (including phenoxy) is 2. The topological polar surface area (TPSA) is 131 Å². The van der Waals surface area contributed by atoms with Gasteiger partial charge in [-0.25, -0.2) is 16.8 Å². The first kappa shape index (κ1) is 32.0. The summed E-state index contributed by atoms with van der Waals surface area (Å²) in [6, 6.07) is 20.4. The van der Waals surface area contributed by atoms with Crippen molar-refractivity contribution in [3.8, 4) is 11.5 Å². The summed E-state index contributed by atoms with van der Waals surface area (Å²) in [4.78, 5) is 13.0. The van der Waals surface area contributed by atoms with Crippen LogP contribution >= 0.6 is 23.2 Å². The number of rotatable bonds is 11. The molecule has 0 saturated carbocycles. The lowest BCUT2D eigenvalue weighted by Gasteiger charge is -2.24. The Labute approximate surface area is 260 Å². The summed E-state index contributed by atoms with van der Waals surface area (Å²) in [6.07, 6.45) is 0. The Hall–Kier alpha value is -3.97. The molecule has 0 aliphatic carbocycles. The van der Waals surface area contributed by atoms with Crippen LogP contribution in [0.2, 0.25) is 10.0 Å². The van der Waals surface area contributed by atoms with Crippen molar-refractivity contribution < 1.29 is 31.1 Å². The van der Waals surface area contributed by atoms with Crippen LogP contribution in [0.4, 0.5) is 17.1 Å². The fraction of sp³-hybridized carbons (Fsp3) is 0.138. The highest BCUT2D eigenvalue weighted by Gasteiger charge is 2.28. The number of carbonyl (C=O) groups is 1. The number of carbonyl (C=O) groups excluding carboxylic acids is 1. The van der Waals surface area contributed by atoms with E-state index in [0.717, 1.165) is 9.87 Å². The third-order valence-corrected chi connectivity index (χ3v) is 9.74. The van der Waals surface area contributed by atoms with Crippen LogP contribution in [0.3, 0.4) is 0 Å². The molecule has 226 valence electrons. The lowest BCUT2D eigenvalue weighted by molar-refractivity contribution is -0.114. The molecule has 4 aromatic carbocycles. The van der Waals surface area contributed by atoms with Crippen LogP contribution in [0.15, 0.2) is 94.7 Å². The Morgan fingerprint density at radius 2 is 1.40 bits per heavy atom. The van der Waals surface area contributed by atoms with E-state index >= 15 is 0 Å². The largest absolute Gasteiger partial charge is 0.497 e. The molecule has 0 spiro atoms. The minimum atomic E-state index is -4.21. The van der Waals surface area contributed by atoms with Gasteiger partial charge in [0.1, 0.15) is 18.0 Å². The van der Waals surface area contributed by atoms with Crippen LogP contribution in [-0.4, -0.2) is 43.5 Å². The van der Waals surface area contributed by atoms with E-state index in [1.165, 1.54) is 74.9 Å². The van der Waals surface area contributed by atoms with Crippen LogP contribution in [0.5, 0.6) is 11.5 Å². The van der Waals surface area contributed by atoms with Crippen molar-refractivity contribution in [3.05, 3.63) is 101 Å². The van der Waals surface area contributed by atoms with E-state index in [9.17, 15) is 21.6 Å². The van der Waals surface area contributed by atoms with Crippen molar-refractivity contribution in [2.24, 2.45) is 0 Å². The van der Waals surface area contributed by atoms with Gasteiger partial charge >= 0.3 is 0 Å². The van der Waals surface area contributed by atoms with E-state index in [-0.39, 0.29) is 36.9 Å². The second-order valence-corrected chi connectivity index (χ2v) is 13.6. The van der Waals surface area contributed by atoms with Crippen LogP contribution in [0.1, 0.15) is 5.56 Å². The Morgan fingerprint density at radius 1 is 0.791 bits per heavy atom. The fourth-order valence-corrected chi connectivity index (χ4v) is 6.96. The summed E-state index contributed by atoms with van der Waals surface area (Å²) in [5.74, 6) is 0.0241. The summed E-state index contributed by atoms with van der Waals surface area (Å²) in [5.41, 5.74) is 1.36. The molecule has 4 aromatic rings. The first-order chi connectivity index (χ1) is 20.3. The first-order valence-electron chi connectivity index (χ1n) is 12.5. The van der Waals surface area contributed by atoms with E-state index in [0.29, 0.717) is 11.5 Å². The average molecular weight is 665 g/mol. The van der Waals surface area contributed by atoms with Crippen molar-refractivity contribution >= 4 is 66.2 Å². The monoisotopic (exact) mass is 663 g/mol. The maximum atomic E-state index is 13.6. The molecule has 0 fully saturated rings. The maximum absolute atomic E-state index is 13.6. The van der Waals surface area contributed by atoms with Gasteiger partial charge in [0, 0.05) is 21.8 Å². The van der Waals surface area contributed by atoms with Crippen molar-refractivity contribution in [1.29, 1.82) is 0 Å². The maximum Gasteiger partial charge on any atom is 0.264 e. The molecule has 0 heterocycles. The zero-order valence-electron chi connectivity index (χ0n) is 23.2. The van der Waals surface area contributed by atoms with Gasteiger partial charge in [0.25, 0.3) is 20.0 Å². The highest BCUT2D eigenvalue weighted by molar-refractivity contribution is 7.93. The number of methoxy groups -OCH3 is 2. The zero-order valence-corrected chi connectivity index (χ0v) is 26.3. The third-order valence-electron chi connectivity index (χ3n) is 6.13. The van der Waals surface area contributed by atoms with Gasteiger partial charge in [0.2, 0.25) is 5.91 Å². The standard InChI is InChI=1S/C29H27Cl2N3O7S2/c1-19-4-9-26(10-5-19)43(38,39)34(23-15-20(30)14-21(31)16-23)18-29(35)32-22-6-11-25(12-7-22)42(36,37)33-27-17-24(40-2)8-13-28(27)41-3/h4-17,33H,18H2,1-3H3,(H,32,35). The average Bonchev–Trinajstić information content (AvgIpc) is 2.95. The Bertz CT molecular complexity index is 1830. The molecule has 0 saturated heterocycles. The minimum absolute atomic E-state index is 0.0308. The molecular formula is C29H27Cl2N3O7S2. The zero-order chi connectivity index (χ0) is 31.4. The highest BCUT2D eigenvalue weighted by atomic mass is 35.5. The molecule has 0 bridgehead atoms. The first-order valence-corrected chi connectivity index (χ1v) is 16.2. The van der Waals surface area contributed by atoms with Gasteiger partial charge in [-0.2, -0.15) is 0 Å². The molecule has 43 heavy (non-hydrogen) atoms. The quantitative estimate of drug-likeness (QED) is 0.203. The number of halogens is 2. The number of nitrogens with one attached hydrogen (secondary N) is 2. The van der Waals surface area contributed by atoms with Crippen LogP contribution < -0.4 is 23.8 Å². The second-order valence-electron chi connectivity index (χ2n) is 9.20. The number of sulfonamides is 2. The number of amides is 1. The van der Waals surface area contributed by atoms with E-state index in [1.807, 2.05) is 6.92 Å². The van der Waals surface area contributed by atoms with E-state index in [4.69, 9.17) is 32.7 Å². The van der Waals surface area contributed by atoms with Crippen LogP contribution in [-0.2, 0) is 24.8 Å².